The van der Waals surface area contributed by atoms with Gasteiger partial charge in [0, 0.05) is 18.7 Å². The molecule has 0 unspecified atom stereocenters. The SMILES string of the molecule is Cc1nc2c(cnn2C(C)(C)C)c(=O)n1CCC(=O)Nc1ccc(OC(F)(F)F)cc1. The van der Waals surface area contributed by atoms with E-state index in [0.29, 0.717) is 22.5 Å². The van der Waals surface area contributed by atoms with Crippen LogP contribution < -0.4 is 15.6 Å². The average Bonchev–Trinajstić information content (AvgIpc) is 3.06. The summed E-state index contributed by atoms with van der Waals surface area (Å²) in [7, 11) is 0. The summed E-state index contributed by atoms with van der Waals surface area (Å²) in [4.78, 5) is 29.6. The highest BCUT2D eigenvalue weighted by atomic mass is 19.4. The minimum Gasteiger partial charge on any atom is -0.406 e. The number of hydrogen-bond donors (Lipinski definition) is 1. The van der Waals surface area contributed by atoms with Crippen LogP contribution in [0.15, 0.2) is 35.3 Å². The lowest BCUT2D eigenvalue weighted by atomic mass is 10.1. The molecule has 0 fully saturated rings. The van der Waals surface area contributed by atoms with Crippen LogP contribution in [0, 0.1) is 6.92 Å². The van der Waals surface area contributed by atoms with E-state index in [9.17, 15) is 22.8 Å². The molecule has 11 heteroatoms. The second-order valence-corrected chi connectivity index (χ2v) is 7.95. The summed E-state index contributed by atoms with van der Waals surface area (Å²) in [5.74, 6) is -0.339. The molecule has 0 bridgehead atoms. The normalized spacial score (nSPS) is 12.2. The number of halogens is 3. The van der Waals surface area contributed by atoms with Gasteiger partial charge in [0.1, 0.15) is 17.0 Å². The van der Waals surface area contributed by atoms with E-state index in [0.717, 1.165) is 12.1 Å². The number of nitrogens with zero attached hydrogens (tertiary/aromatic N) is 4. The van der Waals surface area contributed by atoms with Gasteiger partial charge in [0.25, 0.3) is 5.56 Å². The molecule has 1 amide bonds. The lowest BCUT2D eigenvalue weighted by molar-refractivity contribution is -0.274. The first-order chi connectivity index (χ1) is 14.3. The van der Waals surface area contributed by atoms with Gasteiger partial charge in [-0.1, -0.05) is 0 Å². The number of rotatable bonds is 5. The Hall–Kier alpha value is -3.37. The lowest BCUT2D eigenvalue weighted by Crippen LogP contribution is -2.28. The number of fused-ring (bicyclic) bond motifs is 1. The molecule has 31 heavy (non-hydrogen) atoms. The van der Waals surface area contributed by atoms with Crippen molar-refractivity contribution in [1.82, 2.24) is 19.3 Å². The topological polar surface area (TPSA) is 91.0 Å². The summed E-state index contributed by atoms with van der Waals surface area (Å²) < 4.78 is 43.5. The Morgan fingerprint density at radius 1 is 1.16 bits per heavy atom. The molecule has 3 aromatic rings. The lowest BCUT2D eigenvalue weighted by Gasteiger charge is -2.20. The maximum Gasteiger partial charge on any atom is 0.573 e. The molecule has 3 rings (SSSR count). The number of aryl methyl sites for hydroxylation is 1. The fourth-order valence-electron chi connectivity index (χ4n) is 3.04. The highest BCUT2D eigenvalue weighted by Crippen LogP contribution is 2.24. The van der Waals surface area contributed by atoms with Crippen molar-refractivity contribution < 1.29 is 22.7 Å². The molecule has 0 atom stereocenters. The zero-order valence-corrected chi connectivity index (χ0v) is 17.4. The summed E-state index contributed by atoms with van der Waals surface area (Å²) >= 11 is 0. The largest absolute Gasteiger partial charge is 0.573 e. The van der Waals surface area contributed by atoms with E-state index in [-0.39, 0.29) is 29.8 Å². The third kappa shape index (κ3) is 5.22. The van der Waals surface area contributed by atoms with Gasteiger partial charge in [0.05, 0.1) is 11.7 Å². The Balaban J connectivity index is 1.70. The predicted octanol–water partition coefficient (Wildman–Crippen LogP) is 3.58. The highest BCUT2D eigenvalue weighted by molar-refractivity contribution is 5.90. The van der Waals surface area contributed by atoms with Crippen LogP contribution in [0.5, 0.6) is 5.75 Å². The zero-order chi connectivity index (χ0) is 23.0. The van der Waals surface area contributed by atoms with Crippen molar-refractivity contribution >= 4 is 22.6 Å². The van der Waals surface area contributed by atoms with Crippen molar-refractivity contribution in [2.45, 2.75) is 52.6 Å². The summed E-state index contributed by atoms with van der Waals surface area (Å²) in [6, 6.07) is 4.79. The van der Waals surface area contributed by atoms with Crippen LogP contribution in [-0.2, 0) is 16.9 Å². The van der Waals surface area contributed by atoms with Gasteiger partial charge in [-0.15, -0.1) is 13.2 Å². The van der Waals surface area contributed by atoms with Gasteiger partial charge in [-0.25, -0.2) is 9.67 Å². The Morgan fingerprint density at radius 3 is 2.39 bits per heavy atom. The van der Waals surface area contributed by atoms with Crippen LogP contribution in [0.4, 0.5) is 18.9 Å². The predicted molar refractivity (Wildman–Crippen MR) is 108 cm³/mol. The van der Waals surface area contributed by atoms with Crippen molar-refractivity contribution in [1.29, 1.82) is 0 Å². The number of hydrogen-bond acceptors (Lipinski definition) is 5. The van der Waals surface area contributed by atoms with Gasteiger partial charge in [0.15, 0.2) is 5.65 Å². The van der Waals surface area contributed by atoms with Gasteiger partial charge in [-0.2, -0.15) is 5.10 Å². The van der Waals surface area contributed by atoms with Crippen LogP contribution in [0.3, 0.4) is 0 Å². The van der Waals surface area contributed by atoms with Crippen molar-refractivity contribution in [3.63, 3.8) is 0 Å². The molecule has 0 radical (unpaired) electrons. The second-order valence-electron chi connectivity index (χ2n) is 7.95. The first-order valence-corrected chi connectivity index (χ1v) is 9.46. The van der Waals surface area contributed by atoms with E-state index < -0.39 is 12.3 Å². The average molecular weight is 437 g/mol. The van der Waals surface area contributed by atoms with Crippen molar-refractivity contribution in [2.24, 2.45) is 0 Å². The quantitative estimate of drug-likeness (QED) is 0.659. The molecule has 0 aliphatic rings. The molecular weight excluding hydrogens is 415 g/mol. The monoisotopic (exact) mass is 437 g/mol. The number of benzene rings is 1. The Labute approximate surface area is 175 Å². The first-order valence-electron chi connectivity index (χ1n) is 9.46. The van der Waals surface area contributed by atoms with Gasteiger partial charge in [-0.05, 0) is 52.0 Å². The van der Waals surface area contributed by atoms with Crippen molar-refractivity contribution in [3.8, 4) is 5.75 Å². The molecule has 1 N–H and O–H groups in total. The van der Waals surface area contributed by atoms with E-state index >= 15 is 0 Å². The van der Waals surface area contributed by atoms with Gasteiger partial charge >= 0.3 is 6.36 Å². The fourth-order valence-corrected chi connectivity index (χ4v) is 3.04. The minimum absolute atomic E-state index is 0.0257. The van der Waals surface area contributed by atoms with Crippen LogP contribution in [-0.4, -0.2) is 31.6 Å². The molecule has 166 valence electrons. The van der Waals surface area contributed by atoms with Crippen LogP contribution in [0.2, 0.25) is 0 Å². The Bertz CT molecular complexity index is 1160. The Kier molecular flexibility index (Phi) is 5.79. The number of alkyl halides is 3. The van der Waals surface area contributed by atoms with E-state index in [2.05, 4.69) is 20.1 Å². The first kappa shape index (κ1) is 22.3. The molecule has 1 aromatic carbocycles. The summed E-state index contributed by atoms with van der Waals surface area (Å²) in [6.07, 6.45) is -3.34. The number of carbonyl (C=O) groups is 1. The maximum atomic E-state index is 12.8. The molecule has 2 heterocycles. The van der Waals surface area contributed by atoms with Gasteiger partial charge in [-0.3, -0.25) is 14.2 Å². The van der Waals surface area contributed by atoms with Crippen LogP contribution >= 0.6 is 0 Å². The summed E-state index contributed by atoms with van der Waals surface area (Å²) in [5.41, 5.74) is 0.153. The molecule has 0 spiro atoms. The smallest absolute Gasteiger partial charge is 0.406 e. The highest BCUT2D eigenvalue weighted by Gasteiger charge is 2.31. The van der Waals surface area contributed by atoms with Crippen LogP contribution in [0.25, 0.3) is 11.0 Å². The molecule has 8 nitrogen and oxygen atoms in total. The number of anilines is 1. The molecule has 0 aliphatic carbocycles. The van der Waals surface area contributed by atoms with Crippen molar-refractivity contribution in [2.75, 3.05) is 5.32 Å². The van der Waals surface area contributed by atoms with Gasteiger partial charge < -0.3 is 10.1 Å². The molecule has 0 saturated heterocycles. The third-order valence-electron chi connectivity index (χ3n) is 4.45. The second kappa shape index (κ2) is 8.05. The number of nitrogens with one attached hydrogen (secondary N) is 1. The summed E-state index contributed by atoms with van der Waals surface area (Å²) in [5, 5.41) is 7.21. The van der Waals surface area contributed by atoms with Crippen LogP contribution in [0.1, 0.15) is 33.0 Å². The Morgan fingerprint density at radius 2 is 1.81 bits per heavy atom. The number of aromatic nitrogens is 4. The molecule has 2 aromatic heterocycles. The van der Waals surface area contributed by atoms with E-state index in [1.165, 1.54) is 22.9 Å². The minimum atomic E-state index is -4.78. The standard InChI is InChI=1S/C20H22F3N5O3/c1-12-25-17-15(11-24-28(17)19(2,3)4)18(30)27(12)10-9-16(29)26-13-5-7-14(8-6-13)31-20(21,22)23/h5-8,11H,9-10H2,1-4H3,(H,26,29). The van der Waals surface area contributed by atoms with E-state index in [4.69, 9.17) is 0 Å². The molecule has 0 aliphatic heterocycles. The maximum absolute atomic E-state index is 12.8. The molecule has 0 saturated carbocycles. The number of ether oxygens (including phenoxy) is 1. The molecular formula is C20H22F3N5O3. The van der Waals surface area contributed by atoms with E-state index in [1.807, 2.05) is 20.8 Å². The zero-order valence-electron chi connectivity index (χ0n) is 17.4. The third-order valence-corrected chi connectivity index (χ3v) is 4.45. The van der Waals surface area contributed by atoms with Gasteiger partial charge in [0.2, 0.25) is 5.91 Å². The van der Waals surface area contributed by atoms with Crippen molar-refractivity contribution in [3.05, 3.63) is 46.6 Å². The summed E-state index contributed by atoms with van der Waals surface area (Å²) in [6.45, 7) is 7.63. The number of amides is 1. The fraction of sp³-hybridized carbons (Fsp3) is 0.400. The number of carbonyl (C=O) groups excluding carboxylic acids is 1. The van der Waals surface area contributed by atoms with E-state index in [1.54, 1.807) is 11.6 Å².